The van der Waals surface area contributed by atoms with E-state index in [0.29, 0.717) is 10.7 Å². The van der Waals surface area contributed by atoms with Gasteiger partial charge in [0.05, 0.1) is 28.3 Å². The van der Waals surface area contributed by atoms with Crippen molar-refractivity contribution in [3.05, 3.63) is 53.2 Å². The number of hydrogen-bond donors (Lipinski definition) is 3. The minimum Gasteiger partial charge on any atom is -0.368 e. The van der Waals surface area contributed by atoms with E-state index in [1.807, 2.05) is 19.3 Å². The summed E-state index contributed by atoms with van der Waals surface area (Å²) >= 11 is 6.67. The Balaban J connectivity index is 1.55. The third-order valence-corrected chi connectivity index (χ3v) is 8.33. The number of nitrogens with zero attached hydrogens (tertiary/aromatic N) is 4. The number of hydrogen-bond acceptors (Lipinski definition) is 7. The van der Waals surface area contributed by atoms with Crippen LogP contribution in [0.3, 0.4) is 0 Å². The molecule has 0 spiro atoms. The van der Waals surface area contributed by atoms with Gasteiger partial charge in [0.1, 0.15) is 11.5 Å². The summed E-state index contributed by atoms with van der Waals surface area (Å²) in [5.74, 6) is 0.600. The number of benzene rings is 1. The highest BCUT2D eigenvalue weighted by atomic mass is 35.5. The van der Waals surface area contributed by atoms with E-state index < -0.39 is 5.82 Å². The van der Waals surface area contributed by atoms with Crippen LogP contribution in [0.1, 0.15) is 32.8 Å². The summed E-state index contributed by atoms with van der Waals surface area (Å²) in [5.41, 5.74) is 9.94. The third-order valence-electron chi connectivity index (χ3n) is 6.05. The number of nitrogens with one attached hydrogen (secondary N) is 3. The molecule has 34 heavy (non-hydrogen) atoms. The van der Waals surface area contributed by atoms with Gasteiger partial charge in [-0.1, -0.05) is 25.4 Å². The van der Waals surface area contributed by atoms with Crippen LogP contribution in [-0.4, -0.2) is 53.7 Å². The van der Waals surface area contributed by atoms with E-state index in [0.717, 1.165) is 61.8 Å². The van der Waals surface area contributed by atoms with Crippen LogP contribution in [0.2, 0.25) is 5.02 Å². The van der Waals surface area contributed by atoms with E-state index in [9.17, 15) is 4.39 Å². The van der Waals surface area contributed by atoms with Crippen molar-refractivity contribution in [2.75, 3.05) is 53.1 Å². The van der Waals surface area contributed by atoms with Gasteiger partial charge in [-0.3, -0.25) is 9.99 Å². The molecule has 0 radical (unpaired) electrons. The van der Waals surface area contributed by atoms with Gasteiger partial charge in [-0.2, -0.15) is 0 Å². The lowest BCUT2D eigenvalue weighted by Crippen LogP contribution is -2.46. The summed E-state index contributed by atoms with van der Waals surface area (Å²) in [6.07, 6.45) is 6.56. The number of anilines is 3. The van der Waals surface area contributed by atoms with Crippen molar-refractivity contribution in [3.63, 3.8) is 0 Å². The lowest BCUT2D eigenvalue weighted by Gasteiger charge is -2.35. The summed E-state index contributed by atoms with van der Waals surface area (Å²) in [4.78, 5) is 9.26. The fraction of sp³-hybridized carbons (Fsp3) is 0.417. The van der Waals surface area contributed by atoms with Crippen LogP contribution >= 0.6 is 22.3 Å². The second-order valence-corrected chi connectivity index (χ2v) is 10.6. The predicted molar refractivity (Wildman–Crippen MR) is 145 cm³/mol. The summed E-state index contributed by atoms with van der Waals surface area (Å²) < 4.78 is 18.3. The van der Waals surface area contributed by atoms with Gasteiger partial charge in [0.2, 0.25) is 0 Å². The molecule has 1 unspecified atom stereocenters. The Morgan fingerprint density at radius 3 is 2.71 bits per heavy atom. The number of piperazine rings is 1. The first kappa shape index (κ1) is 24.8. The van der Waals surface area contributed by atoms with E-state index in [1.165, 1.54) is 6.07 Å². The molecule has 0 bridgehead atoms. The summed E-state index contributed by atoms with van der Waals surface area (Å²) in [6, 6.07) is 5.25. The molecule has 0 aliphatic carbocycles. The van der Waals surface area contributed by atoms with Crippen molar-refractivity contribution in [1.29, 1.82) is 0 Å². The molecule has 1 atom stereocenters. The molecule has 3 heterocycles. The Bertz CT molecular complexity index is 1070. The number of rotatable bonds is 8. The number of pyridine rings is 1. The zero-order valence-electron chi connectivity index (χ0n) is 19.9. The molecule has 1 fully saturated rings. The van der Waals surface area contributed by atoms with Crippen molar-refractivity contribution in [1.82, 2.24) is 20.8 Å². The van der Waals surface area contributed by atoms with E-state index in [4.69, 9.17) is 11.6 Å². The molecule has 2 aliphatic heterocycles. The first-order valence-corrected chi connectivity index (χ1v) is 13.6. The van der Waals surface area contributed by atoms with E-state index in [-0.39, 0.29) is 16.4 Å². The second kappa shape index (κ2) is 11.4. The first-order valence-electron chi connectivity index (χ1n) is 11.7. The molecule has 1 aromatic carbocycles. The van der Waals surface area contributed by atoms with Crippen LogP contribution in [0, 0.1) is 5.82 Å². The number of halogens is 2. The van der Waals surface area contributed by atoms with Gasteiger partial charge < -0.3 is 19.9 Å². The van der Waals surface area contributed by atoms with Crippen molar-refractivity contribution >= 4 is 50.4 Å². The monoisotopic (exact) mass is 505 g/mol. The van der Waals surface area contributed by atoms with Gasteiger partial charge in [0.15, 0.2) is 0 Å². The maximum Gasteiger partial charge on any atom is 0.150 e. The second-order valence-electron chi connectivity index (χ2n) is 8.23. The molecule has 7 nitrogen and oxygen atoms in total. The van der Waals surface area contributed by atoms with E-state index >= 15 is 0 Å². The maximum atomic E-state index is 14.9. The van der Waals surface area contributed by atoms with Gasteiger partial charge in [-0.15, -0.1) is 16.2 Å². The fourth-order valence-corrected chi connectivity index (χ4v) is 5.78. The average Bonchev–Trinajstić information content (AvgIpc) is 3.35. The SMILES string of the molecule is C/C=S(\CCC)Nc1ccc(F)c(N2C=C(c3cncc(N4CCN(CC)CC4)c3)NN2)c1Cl. The van der Waals surface area contributed by atoms with Crippen LogP contribution in [0.4, 0.5) is 21.5 Å². The van der Waals surface area contributed by atoms with Gasteiger partial charge >= 0.3 is 0 Å². The summed E-state index contributed by atoms with van der Waals surface area (Å²) in [5, 5.41) is 4.04. The van der Waals surface area contributed by atoms with Crippen LogP contribution < -0.4 is 25.6 Å². The highest BCUT2D eigenvalue weighted by Gasteiger charge is 2.23. The largest absolute Gasteiger partial charge is 0.368 e. The molecule has 2 aromatic rings. The predicted octanol–water partition coefficient (Wildman–Crippen LogP) is 4.67. The lowest BCUT2D eigenvalue weighted by atomic mass is 10.2. The van der Waals surface area contributed by atoms with E-state index in [2.05, 4.69) is 55.7 Å². The summed E-state index contributed by atoms with van der Waals surface area (Å²) in [7, 11) is -0.122. The van der Waals surface area contributed by atoms with Crippen LogP contribution in [0.5, 0.6) is 0 Å². The average molecular weight is 506 g/mol. The van der Waals surface area contributed by atoms with Crippen molar-refractivity contribution < 1.29 is 4.39 Å². The molecule has 1 saturated heterocycles. The van der Waals surface area contributed by atoms with Crippen molar-refractivity contribution in [3.8, 4) is 0 Å². The standard InChI is InChI=1S/C24H33ClFN7S/c1-4-13-34(6-3)29-21-8-7-20(26)24(23(21)25)33-17-22(28-30-33)18-14-19(16-27-15-18)32-11-9-31(5-2)10-12-32/h6-8,14-17,28-30H,4-5,9-13H2,1-3H3. The highest BCUT2D eigenvalue weighted by molar-refractivity contribution is 8.16. The molecule has 3 N–H and O–H groups in total. The molecule has 2 aliphatic rings. The van der Waals surface area contributed by atoms with Crippen LogP contribution in [0.15, 0.2) is 36.8 Å². The molecule has 184 valence electrons. The maximum absolute atomic E-state index is 14.9. The van der Waals surface area contributed by atoms with E-state index in [1.54, 1.807) is 17.3 Å². The lowest BCUT2D eigenvalue weighted by molar-refractivity contribution is 0.271. The fourth-order valence-electron chi connectivity index (χ4n) is 4.08. The Morgan fingerprint density at radius 2 is 2.00 bits per heavy atom. The Morgan fingerprint density at radius 1 is 1.21 bits per heavy atom. The first-order chi connectivity index (χ1) is 16.5. The number of hydrazine groups is 2. The highest BCUT2D eigenvalue weighted by Crippen LogP contribution is 2.38. The molecule has 0 saturated carbocycles. The Labute approximate surface area is 209 Å². The zero-order valence-corrected chi connectivity index (χ0v) is 21.5. The zero-order chi connectivity index (χ0) is 24.1. The third kappa shape index (κ3) is 5.49. The number of likely N-dealkylation sites (N-methyl/N-ethyl adjacent to an activating group) is 1. The molecular weight excluding hydrogens is 473 g/mol. The Kier molecular flexibility index (Phi) is 8.31. The molecule has 10 heteroatoms. The van der Waals surface area contributed by atoms with Crippen molar-refractivity contribution in [2.45, 2.75) is 27.2 Å². The smallest absolute Gasteiger partial charge is 0.150 e. The van der Waals surface area contributed by atoms with Crippen LogP contribution in [0.25, 0.3) is 5.70 Å². The normalized spacial score (nSPS) is 17.6. The van der Waals surface area contributed by atoms with Gasteiger partial charge in [-0.05, 0) is 43.5 Å². The van der Waals surface area contributed by atoms with Crippen molar-refractivity contribution in [2.24, 2.45) is 0 Å². The molecular formula is C24H33ClFN7S. The molecule has 0 amide bonds. The number of aromatic nitrogens is 1. The minimum atomic E-state index is -0.404. The van der Waals surface area contributed by atoms with Gasteiger partial charge in [0.25, 0.3) is 0 Å². The van der Waals surface area contributed by atoms with Crippen LogP contribution in [-0.2, 0) is 0 Å². The van der Waals surface area contributed by atoms with Gasteiger partial charge in [0, 0.05) is 49.9 Å². The van der Waals surface area contributed by atoms with Gasteiger partial charge in [-0.25, -0.2) is 4.39 Å². The molecule has 1 aromatic heterocycles. The summed E-state index contributed by atoms with van der Waals surface area (Å²) in [6.45, 7) is 11.5. The topological polar surface area (TPSA) is 58.7 Å². The Hall–Kier alpha value is -2.33. The molecule has 4 rings (SSSR count). The quantitative estimate of drug-likeness (QED) is 0.451. The minimum absolute atomic E-state index is 0.122.